The first-order chi connectivity index (χ1) is 6.08. The quantitative estimate of drug-likeness (QED) is 0.714. The van der Waals surface area contributed by atoms with E-state index < -0.39 is 0 Å². The number of hydrogen-bond donors (Lipinski definition) is 0. The maximum atomic E-state index is 5.49. The zero-order valence-electron chi connectivity index (χ0n) is 8.45. The molecule has 0 bridgehead atoms. The molecule has 13 heavy (non-hydrogen) atoms. The number of rotatable bonds is 3. The highest BCUT2D eigenvalue weighted by atomic mass is 16.5. The van der Waals surface area contributed by atoms with E-state index in [1.165, 1.54) is 6.33 Å². The van der Waals surface area contributed by atoms with Gasteiger partial charge < -0.3 is 4.74 Å². The summed E-state index contributed by atoms with van der Waals surface area (Å²) in [4.78, 5) is 7.90. The van der Waals surface area contributed by atoms with Crippen LogP contribution in [0.5, 0.6) is 0 Å². The van der Waals surface area contributed by atoms with Crippen molar-refractivity contribution in [1.82, 2.24) is 9.97 Å². The standard InChI is InChI=1S/C10H16N2O/c1-10(2,3)7-13-6-9-4-5-11-8-12-9/h4-5,8H,6-7H2,1-3H3. The molecule has 1 heterocycles. The van der Waals surface area contributed by atoms with E-state index in [-0.39, 0.29) is 5.41 Å². The Hall–Kier alpha value is -0.960. The summed E-state index contributed by atoms with van der Waals surface area (Å²) in [5.41, 5.74) is 1.15. The van der Waals surface area contributed by atoms with Crippen LogP contribution in [0.3, 0.4) is 0 Å². The molecular weight excluding hydrogens is 164 g/mol. The Kier molecular flexibility index (Phi) is 3.37. The molecule has 0 N–H and O–H groups in total. The molecule has 3 nitrogen and oxygen atoms in total. The van der Waals surface area contributed by atoms with E-state index in [4.69, 9.17) is 4.74 Å². The summed E-state index contributed by atoms with van der Waals surface area (Å²) >= 11 is 0. The fourth-order valence-electron chi connectivity index (χ4n) is 0.865. The van der Waals surface area contributed by atoms with Gasteiger partial charge in [-0.25, -0.2) is 9.97 Å². The van der Waals surface area contributed by atoms with Gasteiger partial charge in [-0.15, -0.1) is 0 Å². The molecule has 1 rings (SSSR count). The molecule has 0 aliphatic heterocycles. The number of ether oxygens (including phenoxy) is 1. The number of aromatic nitrogens is 2. The molecule has 0 amide bonds. The van der Waals surface area contributed by atoms with Gasteiger partial charge in [0.1, 0.15) is 6.33 Å². The Morgan fingerprint density at radius 1 is 1.38 bits per heavy atom. The van der Waals surface area contributed by atoms with Crippen LogP contribution in [0.1, 0.15) is 26.5 Å². The summed E-state index contributed by atoms with van der Waals surface area (Å²) in [6.07, 6.45) is 3.26. The van der Waals surface area contributed by atoms with Crippen LogP contribution in [0.4, 0.5) is 0 Å². The van der Waals surface area contributed by atoms with Crippen LogP contribution in [0.25, 0.3) is 0 Å². The number of nitrogens with zero attached hydrogens (tertiary/aromatic N) is 2. The Morgan fingerprint density at radius 3 is 2.69 bits per heavy atom. The van der Waals surface area contributed by atoms with Crippen LogP contribution < -0.4 is 0 Å². The Balaban J connectivity index is 2.29. The lowest BCUT2D eigenvalue weighted by Gasteiger charge is -2.17. The summed E-state index contributed by atoms with van der Waals surface area (Å²) in [7, 11) is 0. The average molecular weight is 180 g/mol. The van der Waals surface area contributed by atoms with Gasteiger partial charge in [-0.1, -0.05) is 20.8 Å². The molecule has 0 saturated heterocycles. The molecule has 0 aliphatic rings. The molecular formula is C10H16N2O. The summed E-state index contributed by atoms with van der Waals surface area (Å²) in [6.45, 7) is 7.75. The Morgan fingerprint density at radius 2 is 2.15 bits per heavy atom. The minimum Gasteiger partial charge on any atom is -0.375 e. The Labute approximate surface area is 79.2 Å². The lowest BCUT2D eigenvalue weighted by Crippen LogP contribution is -2.14. The molecule has 0 fully saturated rings. The molecule has 0 aromatic carbocycles. The fraction of sp³-hybridized carbons (Fsp3) is 0.600. The normalized spacial score (nSPS) is 11.6. The molecule has 1 aromatic heterocycles. The summed E-state index contributed by atoms with van der Waals surface area (Å²) in [5, 5.41) is 0. The zero-order valence-corrected chi connectivity index (χ0v) is 8.45. The highest BCUT2D eigenvalue weighted by molar-refractivity contribution is 4.95. The topological polar surface area (TPSA) is 35.0 Å². The van der Waals surface area contributed by atoms with Gasteiger partial charge >= 0.3 is 0 Å². The predicted octanol–water partition coefficient (Wildman–Crippen LogP) is 2.04. The van der Waals surface area contributed by atoms with Crippen LogP contribution >= 0.6 is 0 Å². The summed E-state index contributed by atoms with van der Waals surface area (Å²) < 4.78 is 5.49. The molecule has 0 aliphatic carbocycles. The monoisotopic (exact) mass is 180 g/mol. The third kappa shape index (κ3) is 4.58. The van der Waals surface area contributed by atoms with Crippen LogP contribution in [0.15, 0.2) is 18.6 Å². The molecule has 0 saturated carbocycles. The van der Waals surface area contributed by atoms with E-state index >= 15 is 0 Å². The lowest BCUT2D eigenvalue weighted by atomic mass is 9.99. The minimum atomic E-state index is 0.215. The van der Waals surface area contributed by atoms with Gasteiger partial charge in [-0.05, 0) is 11.5 Å². The SMILES string of the molecule is CC(C)(C)COCc1ccncn1. The summed E-state index contributed by atoms with van der Waals surface area (Å²) in [5.74, 6) is 0. The highest BCUT2D eigenvalue weighted by Gasteiger charge is 2.09. The molecule has 0 atom stereocenters. The van der Waals surface area contributed by atoms with Crippen molar-refractivity contribution in [3.05, 3.63) is 24.3 Å². The first-order valence-corrected chi connectivity index (χ1v) is 4.40. The van der Waals surface area contributed by atoms with Gasteiger partial charge in [-0.3, -0.25) is 0 Å². The third-order valence-electron chi connectivity index (χ3n) is 1.43. The van der Waals surface area contributed by atoms with Gasteiger partial charge in [0.15, 0.2) is 0 Å². The van der Waals surface area contributed by atoms with Gasteiger partial charge in [0.05, 0.1) is 18.9 Å². The lowest BCUT2D eigenvalue weighted by molar-refractivity contribution is 0.0580. The highest BCUT2D eigenvalue weighted by Crippen LogP contribution is 2.13. The van der Waals surface area contributed by atoms with Crippen molar-refractivity contribution in [2.75, 3.05) is 6.61 Å². The molecule has 72 valence electrons. The first-order valence-electron chi connectivity index (χ1n) is 4.40. The molecule has 3 heteroatoms. The van der Waals surface area contributed by atoms with E-state index in [2.05, 4.69) is 30.7 Å². The second-order valence-electron chi connectivity index (χ2n) is 4.25. The van der Waals surface area contributed by atoms with E-state index in [0.29, 0.717) is 6.61 Å². The fourth-order valence-corrected chi connectivity index (χ4v) is 0.865. The van der Waals surface area contributed by atoms with Crippen molar-refractivity contribution in [3.8, 4) is 0 Å². The average Bonchev–Trinajstić information content (AvgIpc) is 2.04. The largest absolute Gasteiger partial charge is 0.375 e. The molecule has 0 spiro atoms. The van der Waals surface area contributed by atoms with Gasteiger partial charge in [0.2, 0.25) is 0 Å². The summed E-state index contributed by atoms with van der Waals surface area (Å²) in [6, 6.07) is 1.86. The number of hydrogen-bond acceptors (Lipinski definition) is 3. The third-order valence-corrected chi connectivity index (χ3v) is 1.43. The predicted molar refractivity (Wildman–Crippen MR) is 51.1 cm³/mol. The molecule has 0 radical (unpaired) electrons. The van der Waals surface area contributed by atoms with E-state index in [1.54, 1.807) is 6.20 Å². The van der Waals surface area contributed by atoms with Crippen molar-refractivity contribution in [2.45, 2.75) is 27.4 Å². The zero-order chi connectivity index (χ0) is 9.73. The van der Waals surface area contributed by atoms with E-state index in [1.807, 2.05) is 6.07 Å². The van der Waals surface area contributed by atoms with Crippen molar-refractivity contribution in [2.24, 2.45) is 5.41 Å². The minimum absolute atomic E-state index is 0.215. The van der Waals surface area contributed by atoms with Crippen LogP contribution in [-0.4, -0.2) is 16.6 Å². The molecule has 0 unspecified atom stereocenters. The van der Waals surface area contributed by atoms with Crippen molar-refractivity contribution in [3.63, 3.8) is 0 Å². The van der Waals surface area contributed by atoms with Gasteiger partial charge in [0.25, 0.3) is 0 Å². The van der Waals surface area contributed by atoms with Crippen LogP contribution in [0, 0.1) is 5.41 Å². The smallest absolute Gasteiger partial charge is 0.115 e. The maximum Gasteiger partial charge on any atom is 0.115 e. The van der Waals surface area contributed by atoms with Gasteiger partial charge in [0, 0.05) is 6.20 Å². The second kappa shape index (κ2) is 4.33. The van der Waals surface area contributed by atoms with E-state index in [9.17, 15) is 0 Å². The van der Waals surface area contributed by atoms with Crippen molar-refractivity contribution in [1.29, 1.82) is 0 Å². The molecule has 1 aromatic rings. The van der Waals surface area contributed by atoms with Crippen molar-refractivity contribution < 1.29 is 4.74 Å². The van der Waals surface area contributed by atoms with Gasteiger partial charge in [-0.2, -0.15) is 0 Å². The second-order valence-corrected chi connectivity index (χ2v) is 4.25. The van der Waals surface area contributed by atoms with E-state index in [0.717, 1.165) is 12.3 Å². The Bertz CT molecular complexity index is 241. The van der Waals surface area contributed by atoms with Crippen molar-refractivity contribution >= 4 is 0 Å². The maximum absolute atomic E-state index is 5.49. The van der Waals surface area contributed by atoms with Crippen LogP contribution in [-0.2, 0) is 11.3 Å². The van der Waals surface area contributed by atoms with Crippen LogP contribution in [0.2, 0.25) is 0 Å². The first kappa shape index (κ1) is 10.1.